The maximum Gasteiger partial charge on any atom is 0.188 e. The Morgan fingerprint density at radius 1 is 0.412 bits per heavy atom. The van der Waals surface area contributed by atoms with Crippen LogP contribution in [0, 0.1) is 29.2 Å². The molecule has 3 heterocycles. The number of fused-ring (bicyclic) bond motifs is 10. The van der Waals surface area contributed by atoms with Crippen molar-refractivity contribution in [3.05, 3.63) is 168 Å². The second-order valence-corrected chi connectivity index (χ2v) is 12.7. The summed E-state index contributed by atoms with van der Waals surface area (Å²) in [4.78, 5) is 3.80. The number of hydrogen-bond donors (Lipinski definition) is 0. The zero-order valence-electron chi connectivity index (χ0n) is 27.0. The van der Waals surface area contributed by atoms with Gasteiger partial charge in [0.2, 0.25) is 0 Å². The van der Waals surface area contributed by atoms with Gasteiger partial charge in [0.25, 0.3) is 0 Å². The van der Waals surface area contributed by atoms with Gasteiger partial charge in [-0.2, -0.15) is 10.5 Å². The van der Waals surface area contributed by atoms with E-state index in [-0.39, 0.29) is 0 Å². The van der Waals surface area contributed by atoms with E-state index in [1.165, 1.54) is 0 Å². The van der Waals surface area contributed by atoms with Gasteiger partial charge in [-0.15, -0.1) is 0 Å². The molecular formula is C45H24N6. The molecule has 3 aromatic heterocycles. The highest BCUT2D eigenvalue weighted by atomic mass is 15.0. The van der Waals surface area contributed by atoms with Crippen LogP contribution in [-0.2, 0) is 0 Å². The molecule has 0 aliphatic heterocycles. The lowest BCUT2D eigenvalue weighted by Crippen LogP contribution is -1.98. The first kappa shape index (κ1) is 28.4. The van der Waals surface area contributed by atoms with Gasteiger partial charge in [0, 0.05) is 44.0 Å². The standard InChI is InChI=1S/C45H24N6/c1-48-30-16-19-41-37(24-30)45-43(49(41)31-8-3-2-4-9-31)21-20-42-44(45)34-12-5-6-13-38(34)51(42)33-11-7-10-32(25-33)50-39-17-14-28(26-46)22-35(39)36-23-29(27-47)15-18-40(36)50/h2-25H. The molecule has 6 nitrogen and oxygen atoms in total. The molecule has 0 fully saturated rings. The van der Waals surface area contributed by atoms with Crippen LogP contribution < -0.4 is 0 Å². The lowest BCUT2D eigenvalue weighted by Gasteiger charge is -2.13. The molecule has 0 amide bonds. The highest BCUT2D eigenvalue weighted by Crippen LogP contribution is 2.43. The molecule has 0 bridgehead atoms. The van der Waals surface area contributed by atoms with Crippen LogP contribution >= 0.6 is 0 Å². The molecule has 51 heavy (non-hydrogen) atoms. The molecule has 7 aromatic carbocycles. The number of nitriles is 2. The van der Waals surface area contributed by atoms with E-state index in [2.05, 4.69) is 122 Å². The van der Waals surface area contributed by atoms with Gasteiger partial charge in [-0.25, -0.2) is 4.85 Å². The number of rotatable bonds is 3. The third kappa shape index (κ3) is 4.01. The molecule has 0 aliphatic rings. The zero-order valence-corrected chi connectivity index (χ0v) is 27.0. The summed E-state index contributed by atoms with van der Waals surface area (Å²) in [5.41, 5.74) is 11.0. The molecular weight excluding hydrogens is 625 g/mol. The van der Waals surface area contributed by atoms with E-state index in [0.29, 0.717) is 16.8 Å². The van der Waals surface area contributed by atoms with Crippen molar-refractivity contribution in [1.82, 2.24) is 13.7 Å². The van der Waals surface area contributed by atoms with Gasteiger partial charge in [0.1, 0.15) is 0 Å². The van der Waals surface area contributed by atoms with Crippen molar-refractivity contribution in [3.63, 3.8) is 0 Å². The highest BCUT2D eigenvalue weighted by Gasteiger charge is 2.21. The first-order valence-electron chi connectivity index (χ1n) is 16.6. The van der Waals surface area contributed by atoms with Crippen LogP contribution in [-0.4, -0.2) is 13.7 Å². The monoisotopic (exact) mass is 648 g/mol. The molecule has 10 aromatic rings. The maximum atomic E-state index is 9.69. The number of nitrogens with zero attached hydrogens (tertiary/aromatic N) is 6. The topological polar surface area (TPSA) is 66.7 Å². The predicted octanol–water partition coefficient (Wildman–Crippen LogP) is 11.3. The Labute approximate surface area is 291 Å². The Kier molecular flexibility index (Phi) is 5.97. The van der Waals surface area contributed by atoms with Crippen LogP contribution in [0.3, 0.4) is 0 Å². The lowest BCUT2D eigenvalue weighted by molar-refractivity contribution is 1.13. The van der Waals surface area contributed by atoms with E-state index in [9.17, 15) is 10.5 Å². The largest absolute Gasteiger partial charge is 0.309 e. The predicted molar refractivity (Wildman–Crippen MR) is 205 cm³/mol. The fraction of sp³-hybridized carbons (Fsp3) is 0. The van der Waals surface area contributed by atoms with Crippen molar-refractivity contribution in [2.24, 2.45) is 0 Å². The number of para-hydroxylation sites is 2. The minimum absolute atomic E-state index is 0.575. The molecule has 6 heteroatoms. The quantitative estimate of drug-likeness (QED) is 0.179. The fourth-order valence-electron chi connectivity index (χ4n) is 7.97. The summed E-state index contributed by atoms with van der Waals surface area (Å²) in [7, 11) is 0. The summed E-state index contributed by atoms with van der Waals surface area (Å²) >= 11 is 0. The Bertz CT molecular complexity index is 3150. The minimum Gasteiger partial charge on any atom is -0.309 e. The minimum atomic E-state index is 0.575. The molecule has 0 N–H and O–H groups in total. The molecule has 10 rings (SSSR count). The fourth-order valence-corrected chi connectivity index (χ4v) is 7.97. The lowest BCUT2D eigenvalue weighted by atomic mass is 10.1. The summed E-state index contributed by atoms with van der Waals surface area (Å²) in [6.07, 6.45) is 0. The number of hydrogen-bond acceptors (Lipinski definition) is 2. The Morgan fingerprint density at radius 2 is 0.902 bits per heavy atom. The first-order valence-corrected chi connectivity index (χ1v) is 16.6. The zero-order chi connectivity index (χ0) is 34.2. The van der Waals surface area contributed by atoms with Gasteiger partial charge in [-0.3, -0.25) is 0 Å². The summed E-state index contributed by atoms with van der Waals surface area (Å²) < 4.78 is 6.83. The van der Waals surface area contributed by atoms with E-state index in [4.69, 9.17) is 6.57 Å². The third-order valence-electron chi connectivity index (χ3n) is 10.1. The van der Waals surface area contributed by atoms with E-state index in [1.807, 2.05) is 54.6 Å². The van der Waals surface area contributed by atoms with E-state index in [0.717, 1.165) is 82.5 Å². The van der Waals surface area contributed by atoms with Gasteiger partial charge in [0.05, 0.1) is 62.9 Å². The summed E-state index contributed by atoms with van der Waals surface area (Å²) in [6, 6.07) is 53.9. The highest BCUT2D eigenvalue weighted by molar-refractivity contribution is 6.29. The van der Waals surface area contributed by atoms with Crippen LogP contribution in [0.1, 0.15) is 11.1 Å². The summed E-state index contributed by atoms with van der Waals surface area (Å²) in [5.74, 6) is 0. The van der Waals surface area contributed by atoms with E-state index >= 15 is 0 Å². The van der Waals surface area contributed by atoms with Crippen molar-refractivity contribution in [3.8, 4) is 29.2 Å². The van der Waals surface area contributed by atoms with Gasteiger partial charge in [-0.05, 0) is 102 Å². The van der Waals surface area contributed by atoms with E-state index < -0.39 is 0 Å². The van der Waals surface area contributed by atoms with Crippen molar-refractivity contribution in [2.45, 2.75) is 0 Å². The molecule has 0 saturated carbocycles. The maximum absolute atomic E-state index is 9.69. The molecule has 0 spiro atoms. The SMILES string of the molecule is [C-]#[N+]c1ccc2c(c1)c1c3c4ccccc4n(-c4cccc(-n5c6ccc(C#N)cc6c6cc(C#N)ccc65)c4)c3ccc1n2-c1ccccc1. The second kappa shape index (κ2) is 10.7. The normalized spacial score (nSPS) is 11.5. The average Bonchev–Trinajstić information content (AvgIpc) is 3.82. The van der Waals surface area contributed by atoms with Crippen LogP contribution in [0.15, 0.2) is 146 Å². The Hall–Kier alpha value is -7.59. The molecule has 0 radical (unpaired) electrons. The van der Waals surface area contributed by atoms with Crippen molar-refractivity contribution in [1.29, 1.82) is 10.5 Å². The summed E-state index contributed by atoms with van der Waals surface area (Å²) in [5, 5.41) is 25.7. The molecule has 234 valence electrons. The number of benzene rings is 7. The van der Waals surface area contributed by atoms with Crippen LogP contribution in [0.2, 0.25) is 0 Å². The Morgan fingerprint density at radius 3 is 1.55 bits per heavy atom. The van der Waals surface area contributed by atoms with E-state index in [1.54, 1.807) is 0 Å². The van der Waals surface area contributed by atoms with Crippen molar-refractivity contribution >= 4 is 71.1 Å². The third-order valence-corrected chi connectivity index (χ3v) is 10.1. The smallest absolute Gasteiger partial charge is 0.188 e. The average molecular weight is 649 g/mol. The second-order valence-electron chi connectivity index (χ2n) is 12.7. The van der Waals surface area contributed by atoms with Crippen LogP contribution in [0.25, 0.3) is 87.3 Å². The van der Waals surface area contributed by atoms with Crippen LogP contribution in [0.4, 0.5) is 5.69 Å². The molecule has 0 atom stereocenters. The van der Waals surface area contributed by atoms with Crippen molar-refractivity contribution in [2.75, 3.05) is 0 Å². The molecule has 0 aliphatic carbocycles. The molecule has 0 saturated heterocycles. The van der Waals surface area contributed by atoms with Gasteiger partial charge in [-0.1, -0.05) is 48.5 Å². The summed E-state index contributed by atoms with van der Waals surface area (Å²) in [6.45, 7) is 7.81. The Balaban J connectivity index is 1.29. The van der Waals surface area contributed by atoms with Gasteiger partial charge < -0.3 is 13.7 Å². The van der Waals surface area contributed by atoms with Gasteiger partial charge in [0.15, 0.2) is 5.69 Å². The first-order chi connectivity index (χ1) is 25.2. The van der Waals surface area contributed by atoms with Crippen molar-refractivity contribution < 1.29 is 0 Å². The van der Waals surface area contributed by atoms with Gasteiger partial charge >= 0.3 is 0 Å². The van der Waals surface area contributed by atoms with Crippen LogP contribution in [0.5, 0.6) is 0 Å². The molecule has 0 unspecified atom stereocenters. The number of aromatic nitrogens is 3.